The monoisotopic (exact) mass is 474 g/mol. The number of piperazine rings is 1. The van der Waals surface area contributed by atoms with Gasteiger partial charge >= 0.3 is 0 Å². The Bertz CT molecular complexity index is 1230. The van der Waals surface area contributed by atoms with E-state index in [9.17, 15) is 0 Å². The molecule has 2 saturated heterocycles. The Morgan fingerprint density at radius 3 is 3.14 bits per heavy atom. The van der Waals surface area contributed by atoms with Crippen molar-refractivity contribution in [1.29, 1.82) is 0 Å². The number of hydrazine groups is 1. The van der Waals surface area contributed by atoms with Crippen molar-refractivity contribution < 1.29 is 4.74 Å². The van der Waals surface area contributed by atoms with Crippen LogP contribution in [0, 0.1) is 5.92 Å². The molecular weight excluding hydrogens is 440 g/mol. The molecule has 2 aromatic heterocycles. The maximum Gasteiger partial charge on any atom is 0.180 e. The van der Waals surface area contributed by atoms with E-state index in [1.807, 2.05) is 12.4 Å². The maximum atomic E-state index is 6.23. The van der Waals surface area contributed by atoms with Crippen LogP contribution in [0.25, 0.3) is 5.65 Å². The Labute approximate surface area is 205 Å². The topological polar surface area (TPSA) is 82.0 Å². The number of nitrogens with one attached hydrogen (secondary N) is 3. The average molecular weight is 475 g/mol. The van der Waals surface area contributed by atoms with Crippen LogP contribution in [-0.2, 0) is 0 Å². The number of benzene rings is 1. The molecule has 3 unspecified atom stereocenters. The van der Waals surface area contributed by atoms with E-state index < -0.39 is 0 Å². The third kappa shape index (κ3) is 3.82. The number of fused-ring (bicyclic) bond motifs is 5. The van der Waals surface area contributed by atoms with Crippen LogP contribution in [0.15, 0.2) is 36.8 Å². The molecule has 1 saturated carbocycles. The maximum absolute atomic E-state index is 6.23. The summed E-state index contributed by atoms with van der Waals surface area (Å²) in [6.07, 6.45) is 9.54. The summed E-state index contributed by atoms with van der Waals surface area (Å²) >= 11 is 0. The molecule has 9 nitrogen and oxygen atoms in total. The first-order chi connectivity index (χ1) is 17.2. The minimum Gasteiger partial charge on any atom is -0.489 e. The molecule has 3 N–H and O–H groups in total. The van der Waals surface area contributed by atoms with Crippen LogP contribution >= 0.6 is 0 Å². The van der Waals surface area contributed by atoms with Crippen molar-refractivity contribution >= 4 is 22.8 Å². The van der Waals surface area contributed by atoms with Crippen LogP contribution in [0.4, 0.5) is 17.2 Å². The second kappa shape index (κ2) is 8.65. The van der Waals surface area contributed by atoms with Crippen molar-refractivity contribution in [2.45, 2.75) is 44.2 Å². The molecule has 1 aliphatic carbocycles. The SMILES string of the molecule is CCN1CCN2c3ccc(Nc4nc(C5CCC6CNNC6C5)cn5ccnc45)cc3OC[C@H]2C1. The van der Waals surface area contributed by atoms with Gasteiger partial charge in [-0.1, -0.05) is 6.92 Å². The molecule has 9 heteroatoms. The molecule has 5 heterocycles. The molecule has 3 fully saturated rings. The van der Waals surface area contributed by atoms with Gasteiger partial charge in [-0.15, -0.1) is 0 Å². The molecule has 3 aromatic rings. The summed E-state index contributed by atoms with van der Waals surface area (Å²) in [7, 11) is 0. The van der Waals surface area contributed by atoms with E-state index in [-0.39, 0.29) is 0 Å². The Kier molecular flexibility index (Phi) is 5.29. The number of anilines is 3. The summed E-state index contributed by atoms with van der Waals surface area (Å²) in [6, 6.07) is 7.41. The number of rotatable bonds is 4. The number of ether oxygens (including phenoxy) is 1. The highest BCUT2D eigenvalue weighted by Gasteiger charge is 2.35. The van der Waals surface area contributed by atoms with Gasteiger partial charge in [0.15, 0.2) is 11.5 Å². The number of aromatic nitrogens is 3. The largest absolute Gasteiger partial charge is 0.489 e. The van der Waals surface area contributed by atoms with Crippen LogP contribution in [-0.4, -0.2) is 70.7 Å². The first-order valence-electron chi connectivity index (χ1n) is 13.1. The van der Waals surface area contributed by atoms with E-state index in [4.69, 9.17) is 9.72 Å². The molecule has 35 heavy (non-hydrogen) atoms. The van der Waals surface area contributed by atoms with E-state index in [0.717, 1.165) is 80.3 Å². The van der Waals surface area contributed by atoms with Gasteiger partial charge in [0.1, 0.15) is 12.4 Å². The fraction of sp³-hybridized carbons (Fsp3) is 0.538. The van der Waals surface area contributed by atoms with Gasteiger partial charge in [0.2, 0.25) is 0 Å². The zero-order chi connectivity index (χ0) is 23.4. The van der Waals surface area contributed by atoms with Crippen molar-refractivity contribution in [2.24, 2.45) is 5.92 Å². The highest BCUT2D eigenvalue weighted by atomic mass is 16.5. The lowest BCUT2D eigenvalue weighted by atomic mass is 9.78. The lowest BCUT2D eigenvalue weighted by Gasteiger charge is -2.45. The number of hydrogen-bond donors (Lipinski definition) is 3. The Balaban J connectivity index is 1.15. The predicted octanol–water partition coefficient (Wildman–Crippen LogP) is 2.74. The van der Waals surface area contributed by atoms with Crippen LogP contribution in [0.2, 0.25) is 0 Å². The summed E-state index contributed by atoms with van der Waals surface area (Å²) in [6.45, 7) is 8.37. The molecule has 0 amide bonds. The number of imidazole rings is 1. The first-order valence-corrected chi connectivity index (χ1v) is 13.1. The summed E-state index contributed by atoms with van der Waals surface area (Å²) in [5.41, 5.74) is 11.0. The van der Waals surface area contributed by atoms with Gasteiger partial charge in [-0.2, -0.15) is 0 Å². The van der Waals surface area contributed by atoms with Crippen LogP contribution < -0.4 is 25.8 Å². The van der Waals surface area contributed by atoms with Gasteiger partial charge in [0, 0.05) is 68.5 Å². The first kappa shape index (κ1) is 21.4. The Morgan fingerprint density at radius 2 is 2.20 bits per heavy atom. The van der Waals surface area contributed by atoms with E-state index >= 15 is 0 Å². The smallest absolute Gasteiger partial charge is 0.180 e. The molecule has 0 spiro atoms. The fourth-order valence-corrected chi connectivity index (χ4v) is 6.41. The van der Waals surface area contributed by atoms with Crippen LogP contribution in [0.1, 0.15) is 37.8 Å². The van der Waals surface area contributed by atoms with Crippen LogP contribution in [0.5, 0.6) is 5.75 Å². The van der Waals surface area contributed by atoms with Gasteiger partial charge in [-0.25, -0.2) is 9.97 Å². The highest BCUT2D eigenvalue weighted by molar-refractivity contribution is 5.74. The zero-order valence-electron chi connectivity index (χ0n) is 20.3. The Hall–Kier alpha value is -2.88. The van der Waals surface area contributed by atoms with Gasteiger partial charge in [0.25, 0.3) is 0 Å². The van der Waals surface area contributed by atoms with Crippen molar-refractivity contribution in [3.8, 4) is 5.75 Å². The summed E-state index contributed by atoms with van der Waals surface area (Å²) in [5, 5.41) is 3.57. The third-order valence-corrected chi connectivity index (χ3v) is 8.43. The lowest BCUT2D eigenvalue weighted by molar-refractivity contribution is 0.172. The molecule has 3 aliphatic heterocycles. The van der Waals surface area contributed by atoms with Gasteiger partial charge in [-0.3, -0.25) is 15.8 Å². The molecule has 0 radical (unpaired) electrons. The van der Waals surface area contributed by atoms with E-state index in [0.29, 0.717) is 18.0 Å². The second-order valence-electron chi connectivity index (χ2n) is 10.4. The third-order valence-electron chi connectivity index (χ3n) is 8.43. The average Bonchev–Trinajstić information content (AvgIpc) is 3.57. The molecule has 7 rings (SSSR count). The number of hydrogen-bond acceptors (Lipinski definition) is 8. The van der Waals surface area contributed by atoms with Gasteiger partial charge in [0.05, 0.1) is 17.4 Å². The lowest BCUT2D eigenvalue weighted by Crippen LogP contribution is -2.57. The number of likely N-dealkylation sites (N-methyl/N-ethyl adjacent to an activating group) is 1. The molecule has 184 valence electrons. The van der Waals surface area contributed by atoms with Gasteiger partial charge in [-0.05, 0) is 43.9 Å². The summed E-state index contributed by atoms with van der Waals surface area (Å²) < 4.78 is 8.33. The summed E-state index contributed by atoms with van der Waals surface area (Å²) in [5.74, 6) is 2.93. The molecule has 1 aromatic carbocycles. The van der Waals surface area contributed by atoms with Crippen LogP contribution in [0.3, 0.4) is 0 Å². The molecule has 0 bridgehead atoms. The standard InChI is InChI=1S/C26H34N8O/c1-2-32-9-10-34-20(14-32)16-35-24-12-19(5-6-23(24)34)29-25-26-27-7-8-33(26)15-22(30-25)17-3-4-18-13-28-31-21(18)11-17/h5-8,12,15,17-18,20-21,28,31H,2-4,9-11,13-14,16H2,1H3,(H,29,30)/t17?,18?,20-,21?/m1/s1. The van der Waals surface area contributed by atoms with Crippen molar-refractivity contribution in [3.05, 3.63) is 42.5 Å². The van der Waals surface area contributed by atoms with E-state index in [1.54, 1.807) is 0 Å². The quantitative estimate of drug-likeness (QED) is 0.533. The van der Waals surface area contributed by atoms with Crippen molar-refractivity contribution in [1.82, 2.24) is 30.1 Å². The molecule has 4 aliphatic rings. The fourth-order valence-electron chi connectivity index (χ4n) is 6.41. The summed E-state index contributed by atoms with van der Waals surface area (Å²) in [4.78, 5) is 14.7. The van der Waals surface area contributed by atoms with Gasteiger partial charge < -0.3 is 19.4 Å². The zero-order valence-corrected chi connectivity index (χ0v) is 20.3. The predicted molar refractivity (Wildman–Crippen MR) is 136 cm³/mol. The molecular formula is C26H34N8O. The van der Waals surface area contributed by atoms with Crippen molar-refractivity contribution in [2.75, 3.05) is 49.5 Å². The minimum atomic E-state index is 0.428. The minimum absolute atomic E-state index is 0.428. The normalized spacial score (nSPS) is 28.3. The van der Waals surface area contributed by atoms with E-state index in [1.165, 1.54) is 18.5 Å². The van der Waals surface area contributed by atoms with Crippen molar-refractivity contribution in [3.63, 3.8) is 0 Å². The highest BCUT2D eigenvalue weighted by Crippen LogP contribution is 2.39. The molecule has 4 atom stereocenters. The number of nitrogens with zero attached hydrogens (tertiary/aromatic N) is 5. The Morgan fingerprint density at radius 1 is 1.23 bits per heavy atom. The van der Waals surface area contributed by atoms with E-state index in [2.05, 4.69) is 66.7 Å². The second-order valence-corrected chi connectivity index (χ2v) is 10.4.